The molecule has 0 spiro atoms. The zero-order valence-corrected chi connectivity index (χ0v) is 18.3. The lowest BCUT2D eigenvalue weighted by Crippen LogP contribution is -2.50. The van der Waals surface area contributed by atoms with Crippen LogP contribution in [0.2, 0.25) is 0 Å². The zero-order valence-electron chi connectivity index (χ0n) is 18.3. The summed E-state index contributed by atoms with van der Waals surface area (Å²) in [7, 11) is 1.65. The average Bonchev–Trinajstić information content (AvgIpc) is 2.82. The number of benzene rings is 3. The highest BCUT2D eigenvalue weighted by Gasteiger charge is 2.28. The summed E-state index contributed by atoms with van der Waals surface area (Å²) in [5, 5.41) is 0. The van der Waals surface area contributed by atoms with Gasteiger partial charge < -0.3 is 9.64 Å². The van der Waals surface area contributed by atoms with Crippen molar-refractivity contribution >= 4 is 5.91 Å². The number of hydrogen-bond donors (Lipinski definition) is 0. The molecule has 3 aromatic carbocycles. The topological polar surface area (TPSA) is 32.8 Å². The monoisotopic (exact) mass is 414 g/mol. The van der Waals surface area contributed by atoms with Gasteiger partial charge in [0, 0.05) is 26.2 Å². The van der Waals surface area contributed by atoms with Crippen molar-refractivity contribution in [2.24, 2.45) is 0 Å². The molecule has 1 heterocycles. The van der Waals surface area contributed by atoms with Crippen LogP contribution < -0.4 is 4.74 Å². The smallest absolute Gasteiger partial charge is 0.227 e. The lowest BCUT2D eigenvalue weighted by Gasteiger charge is -2.40. The number of carbonyl (C=O) groups is 1. The number of rotatable bonds is 6. The van der Waals surface area contributed by atoms with Gasteiger partial charge in [-0.2, -0.15) is 0 Å². The molecule has 4 rings (SSSR count). The molecule has 0 N–H and O–H groups in total. The van der Waals surface area contributed by atoms with Crippen LogP contribution in [0, 0.1) is 6.92 Å². The molecule has 4 nitrogen and oxygen atoms in total. The van der Waals surface area contributed by atoms with Crippen LogP contribution in [0.1, 0.15) is 28.3 Å². The van der Waals surface area contributed by atoms with E-state index in [4.69, 9.17) is 4.74 Å². The van der Waals surface area contributed by atoms with E-state index in [1.807, 2.05) is 29.2 Å². The number of carbonyl (C=O) groups excluding carboxylic acids is 1. The number of ether oxygens (including phenoxy) is 1. The Labute approximate surface area is 185 Å². The molecule has 1 aliphatic heterocycles. The Hall–Kier alpha value is -3.11. The Balaban J connectivity index is 1.43. The SMILES string of the molecule is COc1ccc(CC(=O)N2CCN(C(c3ccccc3)c3ccc(C)cc3)CC2)cc1. The number of methoxy groups -OCH3 is 1. The normalized spacial score (nSPS) is 15.5. The zero-order chi connectivity index (χ0) is 21.6. The first-order chi connectivity index (χ1) is 15.1. The Morgan fingerprint density at radius 3 is 2.06 bits per heavy atom. The maximum Gasteiger partial charge on any atom is 0.227 e. The van der Waals surface area contributed by atoms with Gasteiger partial charge in [-0.25, -0.2) is 0 Å². The number of nitrogens with zero attached hydrogens (tertiary/aromatic N) is 2. The van der Waals surface area contributed by atoms with Gasteiger partial charge in [-0.05, 0) is 35.7 Å². The fourth-order valence-corrected chi connectivity index (χ4v) is 4.26. The molecule has 0 aliphatic carbocycles. The van der Waals surface area contributed by atoms with Gasteiger partial charge in [0.1, 0.15) is 5.75 Å². The van der Waals surface area contributed by atoms with E-state index < -0.39 is 0 Å². The van der Waals surface area contributed by atoms with Crippen LogP contribution in [0.4, 0.5) is 0 Å². The molecule has 1 saturated heterocycles. The predicted molar refractivity (Wildman–Crippen MR) is 124 cm³/mol. The number of piperazine rings is 1. The van der Waals surface area contributed by atoms with Crippen LogP contribution in [-0.4, -0.2) is 49.0 Å². The first kappa shape index (κ1) is 21.1. The lowest BCUT2D eigenvalue weighted by molar-refractivity contribution is -0.132. The Bertz CT molecular complexity index is 976. The van der Waals surface area contributed by atoms with Crippen LogP contribution in [0.3, 0.4) is 0 Å². The third-order valence-corrected chi connectivity index (χ3v) is 6.05. The van der Waals surface area contributed by atoms with Crippen molar-refractivity contribution < 1.29 is 9.53 Å². The minimum Gasteiger partial charge on any atom is -0.497 e. The van der Waals surface area contributed by atoms with Crippen LogP contribution in [-0.2, 0) is 11.2 Å². The fourth-order valence-electron chi connectivity index (χ4n) is 4.26. The van der Waals surface area contributed by atoms with Crippen molar-refractivity contribution in [3.63, 3.8) is 0 Å². The molecule has 1 aliphatic rings. The standard InChI is InChI=1S/C27H30N2O2/c1-21-8-12-24(13-9-21)27(23-6-4-3-5-7-23)29-18-16-28(17-19-29)26(30)20-22-10-14-25(31-2)15-11-22/h3-15,27H,16-20H2,1-2H3. The van der Waals surface area contributed by atoms with E-state index in [1.165, 1.54) is 16.7 Å². The van der Waals surface area contributed by atoms with Gasteiger partial charge in [0.25, 0.3) is 0 Å². The molecular weight excluding hydrogens is 384 g/mol. The van der Waals surface area contributed by atoms with E-state index in [2.05, 4.69) is 66.4 Å². The molecule has 1 atom stereocenters. The second-order valence-electron chi connectivity index (χ2n) is 8.17. The second kappa shape index (κ2) is 9.80. The highest BCUT2D eigenvalue weighted by atomic mass is 16.5. The van der Waals surface area contributed by atoms with Gasteiger partial charge >= 0.3 is 0 Å². The van der Waals surface area contributed by atoms with E-state index in [9.17, 15) is 4.79 Å². The number of amides is 1. The third-order valence-electron chi connectivity index (χ3n) is 6.05. The number of hydrogen-bond acceptors (Lipinski definition) is 3. The molecule has 0 bridgehead atoms. The highest BCUT2D eigenvalue weighted by molar-refractivity contribution is 5.79. The minimum atomic E-state index is 0.191. The maximum absolute atomic E-state index is 12.9. The highest BCUT2D eigenvalue weighted by Crippen LogP contribution is 2.30. The largest absolute Gasteiger partial charge is 0.497 e. The van der Waals surface area contributed by atoms with Crippen LogP contribution >= 0.6 is 0 Å². The summed E-state index contributed by atoms with van der Waals surface area (Å²) in [5.74, 6) is 1.00. The molecule has 3 aromatic rings. The van der Waals surface area contributed by atoms with Crippen LogP contribution in [0.25, 0.3) is 0 Å². The minimum absolute atomic E-state index is 0.191. The predicted octanol–water partition coefficient (Wildman–Crippen LogP) is 4.48. The molecule has 1 unspecified atom stereocenters. The van der Waals surface area contributed by atoms with Gasteiger partial charge in [-0.15, -0.1) is 0 Å². The summed E-state index contributed by atoms with van der Waals surface area (Å²) in [6, 6.07) is 27.5. The summed E-state index contributed by atoms with van der Waals surface area (Å²) in [5.41, 5.74) is 4.89. The van der Waals surface area contributed by atoms with E-state index in [1.54, 1.807) is 7.11 Å². The molecule has 1 amide bonds. The van der Waals surface area contributed by atoms with Crippen molar-refractivity contribution in [1.82, 2.24) is 9.80 Å². The Kier molecular flexibility index (Phi) is 6.68. The summed E-state index contributed by atoms with van der Waals surface area (Å²) in [6.45, 7) is 5.35. The first-order valence-corrected chi connectivity index (χ1v) is 10.9. The average molecular weight is 415 g/mol. The second-order valence-corrected chi connectivity index (χ2v) is 8.17. The van der Waals surface area contributed by atoms with Crippen molar-refractivity contribution in [1.29, 1.82) is 0 Å². The van der Waals surface area contributed by atoms with Gasteiger partial charge in [-0.1, -0.05) is 72.3 Å². The molecule has 31 heavy (non-hydrogen) atoms. The summed E-state index contributed by atoms with van der Waals surface area (Å²) < 4.78 is 5.20. The summed E-state index contributed by atoms with van der Waals surface area (Å²) >= 11 is 0. The molecule has 160 valence electrons. The quantitative estimate of drug-likeness (QED) is 0.596. The van der Waals surface area contributed by atoms with Crippen molar-refractivity contribution in [3.05, 3.63) is 101 Å². The first-order valence-electron chi connectivity index (χ1n) is 10.9. The molecule has 0 radical (unpaired) electrons. The molecule has 0 aromatic heterocycles. The van der Waals surface area contributed by atoms with E-state index in [0.717, 1.165) is 37.5 Å². The van der Waals surface area contributed by atoms with Crippen molar-refractivity contribution in [3.8, 4) is 5.75 Å². The van der Waals surface area contributed by atoms with Gasteiger partial charge in [0.05, 0.1) is 19.6 Å². The Morgan fingerprint density at radius 1 is 0.839 bits per heavy atom. The van der Waals surface area contributed by atoms with Gasteiger partial charge in [-0.3, -0.25) is 9.69 Å². The van der Waals surface area contributed by atoms with E-state index >= 15 is 0 Å². The summed E-state index contributed by atoms with van der Waals surface area (Å²) in [6.07, 6.45) is 0.435. The van der Waals surface area contributed by atoms with Crippen molar-refractivity contribution in [2.45, 2.75) is 19.4 Å². The van der Waals surface area contributed by atoms with Crippen LogP contribution in [0.15, 0.2) is 78.9 Å². The van der Waals surface area contributed by atoms with Gasteiger partial charge in [0.2, 0.25) is 5.91 Å². The lowest BCUT2D eigenvalue weighted by atomic mass is 9.95. The number of aryl methyl sites for hydroxylation is 1. The Morgan fingerprint density at radius 2 is 1.45 bits per heavy atom. The maximum atomic E-state index is 12.9. The van der Waals surface area contributed by atoms with Crippen LogP contribution in [0.5, 0.6) is 5.75 Å². The molecule has 0 saturated carbocycles. The molecular formula is C27H30N2O2. The summed E-state index contributed by atoms with van der Waals surface area (Å²) in [4.78, 5) is 17.3. The van der Waals surface area contributed by atoms with Gasteiger partial charge in [0.15, 0.2) is 0 Å². The fraction of sp³-hybridized carbons (Fsp3) is 0.296. The van der Waals surface area contributed by atoms with Crippen molar-refractivity contribution in [2.75, 3.05) is 33.3 Å². The van der Waals surface area contributed by atoms with E-state index in [-0.39, 0.29) is 11.9 Å². The van der Waals surface area contributed by atoms with E-state index in [0.29, 0.717) is 6.42 Å². The third kappa shape index (κ3) is 5.15. The molecule has 1 fully saturated rings. The molecule has 4 heteroatoms.